The fraction of sp³-hybridized carbons (Fsp3) is 0. The lowest BCUT2D eigenvalue weighted by Gasteiger charge is -2.01. The minimum atomic E-state index is -0.239. The number of benzene rings is 2. The number of para-hydroxylation sites is 1. The molecule has 3 nitrogen and oxygen atoms in total. The first-order chi connectivity index (χ1) is 9.15. The smallest absolute Gasteiger partial charge is 0.275 e. The summed E-state index contributed by atoms with van der Waals surface area (Å²) in [6.07, 6.45) is 0. The lowest BCUT2D eigenvalue weighted by Crippen LogP contribution is -2.13. The predicted molar refractivity (Wildman–Crippen MR) is 77.7 cm³/mol. The van der Waals surface area contributed by atoms with Crippen molar-refractivity contribution in [3.05, 3.63) is 58.1 Å². The fourth-order valence-corrected chi connectivity index (χ4v) is 2.23. The average Bonchev–Trinajstić information content (AvgIpc) is 2.71. The summed E-state index contributed by atoms with van der Waals surface area (Å²) in [4.78, 5) is 16.2. The molecule has 1 aliphatic rings. The van der Waals surface area contributed by atoms with Crippen molar-refractivity contribution in [3.63, 3.8) is 0 Å². The first-order valence-electron chi connectivity index (χ1n) is 5.59. The van der Waals surface area contributed by atoms with E-state index >= 15 is 0 Å². The highest BCUT2D eigenvalue weighted by molar-refractivity contribution is 6.54. The Hall–Kier alpha value is -1.84. The van der Waals surface area contributed by atoms with Crippen LogP contribution in [0.1, 0.15) is 5.56 Å². The van der Waals surface area contributed by atoms with E-state index in [9.17, 15) is 4.79 Å². The van der Waals surface area contributed by atoms with Crippen molar-refractivity contribution in [2.45, 2.75) is 0 Å². The van der Waals surface area contributed by atoms with Crippen LogP contribution in [0.2, 0.25) is 10.0 Å². The lowest BCUT2D eigenvalue weighted by atomic mass is 10.1. The van der Waals surface area contributed by atoms with Crippen LogP contribution in [0.25, 0.3) is 0 Å². The lowest BCUT2D eigenvalue weighted by molar-refractivity contribution is -0.110. The molecule has 94 valence electrons. The molecule has 0 spiro atoms. The largest absolute Gasteiger partial charge is 0.320 e. The topological polar surface area (TPSA) is 41.5 Å². The zero-order valence-electron chi connectivity index (χ0n) is 9.65. The molecular formula is C14H8Cl2N2O. The predicted octanol–water partition coefficient (Wildman–Crippen LogP) is 4.07. The fourth-order valence-electron chi connectivity index (χ4n) is 1.91. The summed E-state index contributed by atoms with van der Waals surface area (Å²) < 4.78 is 0. The number of nitrogens with zero attached hydrogens (tertiary/aromatic N) is 1. The van der Waals surface area contributed by atoms with E-state index < -0.39 is 0 Å². The van der Waals surface area contributed by atoms with E-state index in [-0.39, 0.29) is 5.91 Å². The molecule has 2 aromatic rings. The van der Waals surface area contributed by atoms with Crippen LogP contribution in [0.5, 0.6) is 0 Å². The zero-order chi connectivity index (χ0) is 13.4. The number of aliphatic imine (C=N–C) groups is 1. The minimum absolute atomic E-state index is 0.239. The molecule has 0 saturated heterocycles. The number of halogens is 2. The quantitative estimate of drug-likeness (QED) is 0.845. The molecule has 2 aromatic carbocycles. The van der Waals surface area contributed by atoms with Crippen molar-refractivity contribution in [2.75, 3.05) is 5.32 Å². The highest BCUT2D eigenvalue weighted by atomic mass is 35.5. The number of rotatable bonds is 1. The summed E-state index contributed by atoms with van der Waals surface area (Å²) in [6, 6.07) is 12.3. The number of carbonyl (C=O) groups is 1. The molecular weight excluding hydrogens is 283 g/mol. The molecule has 1 N–H and O–H groups in total. The summed E-state index contributed by atoms with van der Waals surface area (Å²) in [5.74, 6) is -0.239. The number of hydrogen-bond donors (Lipinski definition) is 1. The van der Waals surface area contributed by atoms with Gasteiger partial charge in [0.2, 0.25) is 0 Å². The number of hydrogen-bond acceptors (Lipinski definition) is 2. The van der Waals surface area contributed by atoms with Crippen LogP contribution in [0.15, 0.2) is 47.5 Å². The van der Waals surface area contributed by atoms with Gasteiger partial charge in [-0.2, -0.15) is 0 Å². The Morgan fingerprint density at radius 3 is 2.68 bits per heavy atom. The van der Waals surface area contributed by atoms with Crippen LogP contribution < -0.4 is 5.32 Å². The van der Waals surface area contributed by atoms with Crippen LogP contribution in [-0.4, -0.2) is 11.6 Å². The molecule has 0 aliphatic carbocycles. The Morgan fingerprint density at radius 2 is 1.84 bits per heavy atom. The van der Waals surface area contributed by atoms with Gasteiger partial charge in [0.25, 0.3) is 5.91 Å². The number of anilines is 1. The van der Waals surface area contributed by atoms with Gasteiger partial charge in [-0.3, -0.25) is 4.79 Å². The van der Waals surface area contributed by atoms with Gasteiger partial charge in [0.05, 0.1) is 16.4 Å². The van der Waals surface area contributed by atoms with Crippen molar-refractivity contribution in [2.24, 2.45) is 4.99 Å². The Morgan fingerprint density at radius 1 is 1.05 bits per heavy atom. The standard InChI is InChI=1S/C14H8Cl2N2O/c15-8-5-6-10(16)12(7-8)17-13-9-3-1-2-4-11(9)18-14(13)19/h1-7H,(H,17,18,19). The maximum atomic E-state index is 11.9. The van der Waals surface area contributed by atoms with Crippen molar-refractivity contribution in [1.29, 1.82) is 0 Å². The van der Waals surface area contributed by atoms with Gasteiger partial charge in [-0.05, 0) is 24.3 Å². The molecule has 0 unspecified atom stereocenters. The first kappa shape index (κ1) is 12.2. The monoisotopic (exact) mass is 290 g/mol. The van der Waals surface area contributed by atoms with Crippen molar-refractivity contribution < 1.29 is 4.79 Å². The highest BCUT2D eigenvalue weighted by Gasteiger charge is 2.25. The van der Waals surface area contributed by atoms with Crippen LogP contribution in [0, 0.1) is 0 Å². The number of amides is 1. The number of fused-ring (bicyclic) bond motifs is 1. The van der Waals surface area contributed by atoms with E-state index in [1.807, 2.05) is 24.3 Å². The van der Waals surface area contributed by atoms with Gasteiger partial charge < -0.3 is 5.32 Å². The number of nitrogens with one attached hydrogen (secondary N) is 1. The van der Waals surface area contributed by atoms with Crippen LogP contribution >= 0.6 is 23.2 Å². The second-order valence-electron chi connectivity index (χ2n) is 4.06. The first-order valence-corrected chi connectivity index (χ1v) is 6.35. The van der Waals surface area contributed by atoms with Gasteiger partial charge in [-0.15, -0.1) is 0 Å². The SMILES string of the molecule is O=C1Nc2ccccc2C1=Nc1cc(Cl)ccc1Cl. The summed E-state index contributed by atoms with van der Waals surface area (Å²) in [5.41, 5.74) is 2.35. The summed E-state index contributed by atoms with van der Waals surface area (Å²) in [7, 11) is 0. The maximum absolute atomic E-state index is 11.9. The second-order valence-corrected chi connectivity index (χ2v) is 4.90. The number of carbonyl (C=O) groups excluding carboxylic acids is 1. The maximum Gasteiger partial charge on any atom is 0.275 e. The Kier molecular flexibility index (Phi) is 3.01. The van der Waals surface area contributed by atoms with E-state index in [0.29, 0.717) is 21.4 Å². The molecule has 0 bridgehead atoms. The van der Waals surface area contributed by atoms with Gasteiger partial charge in [0, 0.05) is 10.6 Å². The molecule has 3 rings (SSSR count). The van der Waals surface area contributed by atoms with Crippen molar-refractivity contribution in [1.82, 2.24) is 0 Å². The highest BCUT2D eigenvalue weighted by Crippen LogP contribution is 2.31. The minimum Gasteiger partial charge on any atom is -0.320 e. The second kappa shape index (κ2) is 4.68. The van der Waals surface area contributed by atoms with E-state index in [1.54, 1.807) is 18.2 Å². The van der Waals surface area contributed by atoms with Gasteiger partial charge >= 0.3 is 0 Å². The van der Waals surface area contributed by atoms with Gasteiger partial charge in [-0.25, -0.2) is 4.99 Å². The van der Waals surface area contributed by atoms with Gasteiger partial charge in [0.15, 0.2) is 0 Å². The molecule has 0 atom stereocenters. The van der Waals surface area contributed by atoms with E-state index in [1.165, 1.54) is 0 Å². The van der Waals surface area contributed by atoms with Crippen molar-refractivity contribution in [3.8, 4) is 0 Å². The van der Waals surface area contributed by atoms with Crippen molar-refractivity contribution >= 4 is 46.2 Å². The molecule has 5 heteroatoms. The molecule has 0 saturated carbocycles. The third-order valence-electron chi connectivity index (χ3n) is 2.79. The van der Waals surface area contributed by atoms with Gasteiger partial charge in [-0.1, -0.05) is 41.4 Å². The normalized spacial score (nSPS) is 15.5. The van der Waals surface area contributed by atoms with E-state index in [4.69, 9.17) is 23.2 Å². The Labute approximate surface area is 119 Å². The molecule has 1 aliphatic heterocycles. The third kappa shape index (κ3) is 2.23. The third-order valence-corrected chi connectivity index (χ3v) is 3.34. The van der Waals surface area contributed by atoms with Crippen LogP contribution in [-0.2, 0) is 4.79 Å². The van der Waals surface area contributed by atoms with E-state index in [2.05, 4.69) is 10.3 Å². The molecule has 1 heterocycles. The van der Waals surface area contributed by atoms with Crippen LogP contribution in [0.3, 0.4) is 0 Å². The molecule has 19 heavy (non-hydrogen) atoms. The molecule has 0 radical (unpaired) electrons. The van der Waals surface area contributed by atoms with Gasteiger partial charge in [0.1, 0.15) is 5.71 Å². The Balaban J connectivity index is 2.14. The summed E-state index contributed by atoms with van der Waals surface area (Å²) >= 11 is 12.0. The molecule has 0 fully saturated rings. The Bertz CT molecular complexity index is 710. The van der Waals surface area contributed by atoms with E-state index in [0.717, 1.165) is 11.3 Å². The summed E-state index contributed by atoms with van der Waals surface area (Å²) in [5, 5.41) is 3.73. The molecule has 0 aromatic heterocycles. The average molecular weight is 291 g/mol. The zero-order valence-corrected chi connectivity index (χ0v) is 11.2. The summed E-state index contributed by atoms with van der Waals surface area (Å²) in [6.45, 7) is 0. The molecule has 1 amide bonds. The van der Waals surface area contributed by atoms with Crippen LogP contribution in [0.4, 0.5) is 11.4 Å².